The third kappa shape index (κ3) is 6.52. The second kappa shape index (κ2) is 11.6. The molecule has 0 aliphatic rings. The Bertz CT molecular complexity index is 1300. The van der Waals surface area contributed by atoms with E-state index in [9.17, 15) is 14.9 Å². The number of carbonyl (C=O) groups excluding carboxylic acids is 2. The molecule has 3 rings (SSSR count). The highest BCUT2D eigenvalue weighted by atomic mass is 35.5. The van der Waals surface area contributed by atoms with Crippen molar-refractivity contribution in [2.24, 2.45) is 0 Å². The normalized spacial score (nSPS) is 10.9. The third-order valence-electron chi connectivity index (χ3n) is 4.59. The maximum Gasteiger partial charge on any atom is 0.337 e. The van der Waals surface area contributed by atoms with Gasteiger partial charge < -0.3 is 14.8 Å². The van der Waals surface area contributed by atoms with Crippen LogP contribution in [0.4, 0.5) is 5.69 Å². The van der Waals surface area contributed by atoms with Crippen molar-refractivity contribution >= 4 is 58.4 Å². The Balaban J connectivity index is 1.69. The first-order valence-corrected chi connectivity index (χ1v) is 10.9. The van der Waals surface area contributed by atoms with E-state index in [0.717, 1.165) is 5.56 Å². The largest absolute Gasteiger partial charge is 0.487 e. The van der Waals surface area contributed by atoms with Crippen molar-refractivity contribution in [3.05, 3.63) is 98.0 Å². The number of rotatable bonds is 7. The van der Waals surface area contributed by atoms with Crippen LogP contribution in [0, 0.1) is 11.3 Å². The molecule has 3 aromatic rings. The molecule has 0 bridgehead atoms. The summed E-state index contributed by atoms with van der Waals surface area (Å²) < 4.78 is 10.4. The summed E-state index contributed by atoms with van der Waals surface area (Å²) in [6, 6.07) is 17.9. The SMILES string of the molecule is COC(=O)c1ccc(NC(=O)/C(C#N)=C/c2ccc(OCc3ccc(Cl)cc3Cl)c(Cl)c2)cc1. The van der Waals surface area contributed by atoms with Crippen molar-refractivity contribution in [2.75, 3.05) is 12.4 Å². The van der Waals surface area contributed by atoms with Crippen LogP contribution >= 0.6 is 34.8 Å². The predicted octanol–water partition coefficient (Wildman–Crippen LogP) is 6.56. The molecule has 0 saturated heterocycles. The van der Waals surface area contributed by atoms with E-state index in [4.69, 9.17) is 39.5 Å². The van der Waals surface area contributed by atoms with Gasteiger partial charge in [0, 0.05) is 21.3 Å². The lowest BCUT2D eigenvalue weighted by Gasteiger charge is -2.10. The Hall–Kier alpha value is -3.50. The summed E-state index contributed by atoms with van der Waals surface area (Å²) in [6.07, 6.45) is 1.41. The van der Waals surface area contributed by atoms with Crippen LogP contribution in [0.15, 0.2) is 66.2 Å². The minimum atomic E-state index is -0.609. The van der Waals surface area contributed by atoms with Crippen LogP contribution in [0.5, 0.6) is 5.75 Å². The van der Waals surface area contributed by atoms with Crippen molar-refractivity contribution in [1.82, 2.24) is 0 Å². The number of ether oxygens (including phenoxy) is 2. The van der Waals surface area contributed by atoms with Crippen LogP contribution in [-0.2, 0) is 16.1 Å². The second-order valence-electron chi connectivity index (χ2n) is 6.91. The van der Waals surface area contributed by atoms with Crippen LogP contribution in [0.1, 0.15) is 21.5 Å². The number of halogens is 3. The highest BCUT2D eigenvalue weighted by Gasteiger charge is 2.12. The monoisotopic (exact) mass is 514 g/mol. The average molecular weight is 516 g/mol. The van der Waals surface area contributed by atoms with Gasteiger partial charge in [-0.2, -0.15) is 5.26 Å². The highest BCUT2D eigenvalue weighted by molar-refractivity contribution is 6.35. The molecule has 0 saturated carbocycles. The third-order valence-corrected chi connectivity index (χ3v) is 5.48. The molecule has 1 N–H and O–H groups in total. The molecule has 1 amide bonds. The zero-order valence-corrected chi connectivity index (χ0v) is 20.0. The van der Waals surface area contributed by atoms with Crippen molar-refractivity contribution in [3.63, 3.8) is 0 Å². The first-order chi connectivity index (χ1) is 16.3. The minimum absolute atomic E-state index is 0.130. The van der Waals surface area contributed by atoms with Gasteiger partial charge in [0.15, 0.2) is 0 Å². The summed E-state index contributed by atoms with van der Waals surface area (Å²) in [5.74, 6) is -0.684. The molecule has 0 fully saturated rings. The Morgan fingerprint density at radius 2 is 1.74 bits per heavy atom. The number of hydrogen-bond donors (Lipinski definition) is 1. The number of anilines is 1. The van der Waals surface area contributed by atoms with Gasteiger partial charge in [-0.3, -0.25) is 4.79 Å². The van der Waals surface area contributed by atoms with Crippen LogP contribution < -0.4 is 10.1 Å². The number of hydrogen-bond acceptors (Lipinski definition) is 5. The Kier molecular flexibility index (Phi) is 8.55. The fourth-order valence-electron chi connectivity index (χ4n) is 2.84. The number of carbonyl (C=O) groups is 2. The molecule has 9 heteroatoms. The molecule has 0 radical (unpaired) electrons. The van der Waals surface area contributed by atoms with E-state index in [0.29, 0.717) is 37.6 Å². The zero-order valence-electron chi connectivity index (χ0n) is 17.8. The molecule has 0 spiro atoms. The van der Waals surface area contributed by atoms with E-state index in [1.165, 1.54) is 37.5 Å². The van der Waals surface area contributed by atoms with Crippen molar-refractivity contribution in [1.29, 1.82) is 5.26 Å². The van der Waals surface area contributed by atoms with Gasteiger partial charge in [-0.1, -0.05) is 46.9 Å². The lowest BCUT2D eigenvalue weighted by Crippen LogP contribution is -2.13. The van der Waals surface area contributed by atoms with E-state index < -0.39 is 11.9 Å². The number of nitrogens with zero attached hydrogens (tertiary/aromatic N) is 1. The Labute approximate surface area is 211 Å². The molecule has 0 heterocycles. The van der Waals surface area contributed by atoms with Gasteiger partial charge in [-0.25, -0.2) is 4.79 Å². The number of amides is 1. The molecule has 3 aromatic carbocycles. The fraction of sp³-hybridized carbons (Fsp3) is 0.0800. The zero-order chi connectivity index (χ0) is 24.7. The fourth-order valence-corrected chi connectivity index (χ4v) is 3.55. The van der Waals surface area contributed by atoms with E-state index in [1.807, 2.05) is 6.07 Å². The maximum absolute atomic E-state index is 12.5. The van der Waals surface area contributed by atoms with E-state index in [2.05, 4.69) is 10.1 Å². The first kappa shape index (κ1) is 25.1. The molecule has 0 aliphatic heterocycles. The number of methoxy groups -OCH3 is 1. The van der Waals surface area contributed by atoms with Gasteiger partial charge in [0.05, 0.1) is 17.7 Å². The van der Waals surface area contributed by atoms with Crippen molar-refractivity contribution < 1.29 is 19.1 Å². The minimum Gasteiger partial charge on any atom is -0.487 e. The number of benzene rings is 3. The van der Waals surface area contributed by atoms with Gasteiger partial charge >= 0.3 is 5.97 Å². The van der Waals surface area contributed by atoms with Gasteiger partial charge in [0.25, 0.3) is 5.91 Å². The molecular formula is C25H17Cl3N2O4. The summed E-state index contributed by atoms with van der Waals surface area (Å²) in [5.41, 5.74) is 1.91. The summed E-state index contributed by atoms with van der Waals surface area (Å²) >= 11 is 18.4. The highest BCUT2D eigenvalue weighted by Crippen LogP contribution is 2.29. The Morgan fingerprint density at radius 3 is 2.35 bits per heavy atom. The molecule has 0 aliphatic carbocycles. The molecular weight excluding hydrogens is 499 g/mol. The average Bonchev–Trinajstić information content (AvgIpc) is 2.82. The number of esters is 1. The van der Waals surface area contributed by atoms with Gasteiger partial charge in [0.2, 0.25) is 0 Å². The molecule has 0 atom stereocenters. The summed E-state index contributed by atoms with van der Waals surface area (Å²) in [7, 11) is 1.28. The predicted molar refractivity (Wildman–Crippen MR) is 132 cm³/mol. The summed E-state index contributed by atoms with van der Waals surface area (Å²) in [5, 5.41) is 13.4. The van der Waals surface area contributed by atoms with Crippen LogP contribution in [0.3, 0.4) is 0 Å². The lowest BCUT2D eigenvalue weighted by atomic mass is 10.1. The van der Waals surface area contributed by atoms with E-state index >= 15 is 0 Å². The van der Waals surface area contributed by atoms with Crippen LogP contribution in [-0.4, -0.2) is 19.0 Å². The van der Waals surface area contributed by atoms with Crippen LogP contribution in [0.2, 0.25) is 15.1 Å². The Morgan fingerprint density at radius 1 is 1.00 bits per heavy atom. The van der Waals surface area contributed by atoms with E-state index in [1.54, 1.807) is 36.4 Å². The summed E-state index contributed by atoms with van der Waals surface area (Å²) in [4.78, 5) is 24.0. The molecule has 6 nitrogen and oxygen atoms in total. The van der Waals surface area contributed by atoms with Gasteiger partial charge in [0.1, 0.15) is 24.0 Å². The van der Waals surface area contributed by atoms with Gasteiger partial charge in [-0.05, 0) is 60.2 Å². The quantitative estimate of drug-likeness (QED) is 0.219. The first-order valence-electron chi connectivity index (χ1n) is 9.78. The molecule has 0 unspecified atom stereocenters. The maximum atomic E-state index is 12.5. The van der Waals surface area contributed by atoms with Gasteiger partial charge in [-0.15, -0.1) is 0 Å². The standard InChI is InChI=1S/C25H17Cl3N2O4/c1-33-25(32)16-4-7-20(8-5-16)30-24(31)18(13-29)10-15-2-9-23(22(28)11-15)34-14-17-3-6-19(26)12-21(17)27/h2-12H,14H2,1H3,(H,30,31)/b18-10+. The van der Waals surface area contributed by atoms with Crippen LogP contribution in [0.25, 0.3) is 6.08 Å². The summed E-state index contributed by atoms with van der Waals surface area (Å²) in [6.45, 7) is 0.186. The number of nitriles is 1. The molecule has 34 heavy (non-hydrogen) atoms. The van der Waals surface area contributed by atoms with Crippen molar-refractivity contribution in [2.45, 2.75) is 6.61 Å². The van der Waals surface area contributed by atoms with Crippen molar-refractivity contribution in [3.8, 4) is 11.8 Å². The number of nitrogens with one attached hydrogen (secondary N) is 1. The van der Waals surface area contributed by atoms with E-state index in [-0.39, 0.29) is 12.2 Å². The second-order valence-corrected chi connectivity index (χ2v) is 8.16. The molecule has 0 aromatic heterocycles. The smallest absolute Gasteiger partial charge is 0.337 e. The lowest BCUT2D eigenvalue weighted by molar-refractivity contribution is -0.112. The molecule has 172 valence electrons. The topological polar surface area (TPSA) is 88.4 Å².